The first-order chi connectivity index (χ1) is 4.70. The zero-order valence-corrected chi connectivity index (χ0v) is 10.0. The number of carbonyl (C=O) groups is 2. The van der Waals surface area contributed by atoms with Crippen molar-refractivity contribution in [1.29, 1.82) is 0 Å². The molecule has 0 spiro atoms. The van der Waals surface area contributed by atoms with E-state index in [2.05, 4.69) is 8.85 Å². The molecule has 0 aliphatic heterocycles. The highest BCUT2D eigenvalue weighted by Crippen LogP contribution is 1.92. The van der Waals surface area contributed by atoms with Crippen molar-refractivity contribution in [3.05, 3.63) is 0 Å². The molecule has 0 radical (unpaired) electrons. The fraction of sp³-hybridized carbons (Fsp3) is 0.500. The quantitative estimate of drug-likeness (QED) is 0.445. The summed E-state index contributed by atoms with van der Waals surface area (Å²) in [6.45, 7) is 0. The van der Waals surface area contributed by atoms with Crippen LogP contribution < -0.4 is 0 Å². The van der Waals surface area contributed by atoms with Crippen LogP contribution >= 0.6 is 0 Å². The van der Waals surface area contributed by atoms with Crippen LogP contribution in [0.25, 0.3) is 0 Å². The van der Waals surface area contributed by atoms with Crippen LogP contribution in [0.5, 0.6) is 0 Å². The molecule has 0 saturated carbocycles. The standard InChI is InChI=1S/C4H10O4Si2/c5-3(7-9)1-2-4(6)8-10/h1-2H2,9-10H3. The van der Waals surface area contributed by atoms with Crippen LogP contribution in [0, 0.1) is 0 Å². The maximum atomic E-state index is 10.4. The van der Waals surface area contributed by atoms with E-state index in [1.54, 1.807) is 0 Å². The second-order valence-corrected chi connectivity index (χ2v) is 2.47. The molecule has 0 aliphatic carbocycles. The van der Waals surface area contributed by atoms with Gasteiger partial charge in [-0.1, -0.05) is 0 Å². The summed E-state index contributed by atoms with van der Waals surface area (Å²) in [5, 5.41) is 0. The number of hydrogen-bond donors (Lipinski definition) is 0. The summed E-state index contributed by atoms with van der Waals surface area (Å²) in [7, 11) is 0.783. The van der Waals surface area contributed by atoms with Gasteiger partial charge in [-0.15, -0.1) is 0 Å². The Morgan fingerprint density at radius 1 is 1.00 bits per heavy atom. The van der Waals surface area contributed by atoms with E-state index in [0.717, 1.165) is 0 Å². The van der Waals surface area contributed by atoms with Crippen molar-refractivity contribution in [3.63, 3.8) is 0 Å². The smallest absolute Gasteiger partial charge is 0.292 e. The third-order valence-corrected chi connectivity index (χ3v) is 1.90. The van der Waals surface area contributed by atoms with Gasteiger partial charge in [-0.2, -0.15) is 0 Å². The van der Waals surface area contributed by atoms with Crippen LogP contribution in [0.4, 0.5) is 0 Å². The van der Waals surface area contributed by atoms with E-state index in [4.69, 9.17) is 0 Å². The van der Waals surface area contributed by atoms with E-state index >= 15 is 0 Å². The highest BCUT2D eigenvalue weighted by molar-refractivity contribution is 6.07. The monoisotopic (exact) mass is 178 g/mol. The zero-order chi connectivity index (χ0) is 7.98. The Hall–Kier alpha value is -0.626. The van der Waals surface area contributed by atoms with Gasteiger partial charge in [-0.3, -0.25) is 9.59 Å². The Morgan fingerprint density at radius 2 is 1.30 bits per heavy atom. The predicted octanol–water partition coefficient (Wildman–Crippen LogP) is -2.59. The normalized spacial score (nSPS) is 9.20. The molecule has 0 atom stereocenters. The van der Waals surface area contributed by atoms with E-state index in [1.165, 1.54) is 0 Å². The lowest BCUT2D eigenvalue weighted by Gasteiger charge is -1.98. The van der Waals surface area contributed by atoms with Crippen LogP contribution in [-0.2, 0) is 18.4 Å². The molecule has 0 fully saturated rings. The summed E-state index contributed by atoms with van der Waals surface area (Å²) < 4.78 is 8.90. The summed E-state index contributed by atoms with van der Waals surface area (Å²) >= 11 is 0. The molecule has 0 heterocycles. The fourth-order valence-electron chi connectivity index (χ4n) is 0.408. The van der Waals surface area contributed by atoms with Crippen LogP contribution in [0.1, 0.15) is 12.8 Å². The molecule has 0 aromatic rings. The zero-order valence-electron chi connectivity index (χ0n) is 6.05. The minimum atomic E-state index is -0.321. The first-order valence-electron chi connectivity index (χ1n) is 2.84. The Morgan fingerprint density at radius 3 is 1.50 bits per heavy atom. The van der Waals surface area contributed by atoms with Gasteiger partial charge in [0.15, 0.2) is 0 Å². The molecule has 0 rings (SSSR count). The van der Waals surface area contributed by atoms with Crippen molar-refractivity contribution < 1.29 is 18.4 Å². The Kier molecular flexibility index (Phi) is 4.86. The van der Waals surface area contributed by atoms with Crippen LogP contribution in [0.3, 0.4) is 0 Å². The highest BCUT2D eigenvalue weighted by atomic mass is 28.2. The lowest BCUT2D eigenvalue weighted by Crippen LogP contribution is -2.07. The third kappa shape index (κ3) is 4.27. The summed E-state index contributed by atoms with van der Waals surface area (Å²) in [6, 6.07) is 0. The number of carbonyl (C=O) groups excluding carboxylic acids is 2. The average Bonchev–Trinajstić information content (AvgIpc) is 1.99. The van der Waals surface area contributed by atoms with Gasteiger partial charge < -0.3 is 8.85 Å². The van der Waals surface area contributed by atoms with Crippen molar-refractivity contribution in [2.24, 2.45) is 0 Å². The van der Waals surface area contributed by atoms with E-state index in [1.807, 2.05) is 0 Å². The molecule has 0 saturated heterocycles. The molecule has 0 aliphatic rings. The number of rotatable bonds is 3. The summed E-state index contributed by atoms with van der Waals surface area (Å²) in [4.78, 5) is 20.9. The first-order valence-corrected chi connectivity index (χ1v) is 4.47. The molecule has 58 valence electrons. The molecular formula is C4H10O4Si2. The summed E-state index contributed by atoms with van der Waals surface area (Å²) in [5.41, 5.74) is 0. The van der Waals surface area contributed by atoms with Crippen LogP contribution in [-0.4, -0.2) is 32.9 Å². The van der Waals surface area contributed by atoms with Gasteiger partial charge in [0, 0.05) is 0 Å². The van der Waals surface area contributed by atoms with Crippen molar-refractivity contribution in [3.8, 4) is 0 Å². The van der Waals surface area contributed by atoms with Gasteiger partial charge in [0.05, 0.1) is 12.8 Å². The van der Waals surface area contributed by atoms with Gasteiger partial charge >= 0.3 is 0 Å². The second-order valence-electron chi connectivity index (χ2n) is 1.65. The SMILES string of the molecule is O=C(CCC(=O)O[SiH3])O[SiH3]. The molecule has 0 N–H and O–H groups in total. The molecule has 4 nitrogen and oxygen atoms in total. The van der Waals surface area contributed by atoms with Crippen molar-refractivity contribution in [2.75, 3.05) is 0 Å². The van der Waals surface area contributed by atoms with Gasteiger partial charge in [0.2, 0.25) is 21.0 Å². The lowest BCUT2D eigenvalue weighted by molar-refractivity contribution is -0.140. The first kappa shape index (κ1) is 9.37. The minimum absolute atomic E-state index is 0.143. The number of hydrogen-bond acceptors (Lipinski definition) is 4. The van der Waals surface area contributed by atoms with Gasteiger partial charge in [0.1, 0.15) is 0 Å². The van der Waals surface area contributed by atoms with Crippen LogP contribution in [0.15, 0.2) is 0 Å². The third-order valence-electron chi connectivity index (χ3n) is 0.989. The van der Waals surface area contributed by atoms with Gasteiger partial charge in [-0.05, 0) is 0 Å². The molecule has 0 unspecified atom stereocenters. The van der Waals surface area contributed by atoms with Gasteiger partial charge in [0.25, 0.3) is 11.9 Å². The molecule has 0 aromatic heterocycles. The lowest BCUT2D eigenvalue weighted by atomic mass is 10.3. The Labute approximate surface area is 65.0 Å². The van der Waals surface area contributed by atoms with E-state index in [-0.39, 0.29) is 24.8 Å². The molecular weight excluding hydrogens is 168 g/mol. The van der Waals surface area contributed by atoms with Crippen molar-refractivity contribution >= 4 is 32.9 Å². The summed E-state index contributed by atoms with van der Waals surface area (Å²) in [5.74, 6) is -0.641. The van der Waals surface area contributed by atoms with Gasteiger partial charge in [-0.25, -0.2) is 0 Å². The topological polar surface area (TPSA) is 52.6 Å². The Balaban J connectivity index is 3.35. The highest BCUT2D eigenvalue weighted by Gasteiger charge is 2.04. The maximum Gasteiger partial charge on any atom is 0.292 e. The average molecular weight is 178 g/mol. The maximum absolute atomic E-state index is 10.4. The fourth-order valence-corrected chi connectivity index (χ4v) is 0.816. The molecule has 0 amide bonds. The van der Waals surface area contributed by atoms with Crippen molar-refractivity contribution in [2.45, 2.75) is 12.8 Å². The second kappa shape index (κ2) is 5.18. The molecule has 0 bridgehead atoms. The van der Waals surface area contributed by atoms with Crippen LogP contribution in [0.2, 0.25) is 0 Å². The van der Waals surface area contributed by atoms with E-state index < -0.39 is 0 Å². The van der Waals surface area contributed by atoms with Crippen molar-refractivity contribution in [1.82, 2.24) is 0 Å². The van der Waals surface area contributed by atoms with E-state index in [0.29, 0.717) is 21.0 Å². The van der Waals surface area contributed by atoms with E-state index in [9.17, 15) is 9.59 Å². The largest absolute Gasteiger partial charge is 0.529 e. The molecule has 0 aromatic carbocycles. The molecule has 10 heavy (non-hydrogen) atoms. The summed E-state index contributed by atoms with van der Waals surface area (Å²) in [6.07, 6.45) is 0.287. The minimum Gasteiger partial charge on any atom is -0.529 e. The predicted molar refractivity (Wildman–Crippen MR) is 41.3 cm³/mol. The molecule has 6 heteroatoms. The Bertz CT molecular complexity index is 119.